The number of thiocarbonyl (C=S) groups is 1. The van der Waals surface area contributed by atoms with Crippen LogP contribution in [0.15, 0.2) is 0 Å². The summed E-state index contributed by atoms with van der Waals surface area (Å²) in [5.74, 6) is 0.871. The average Bonchev–Trinajstić information content (AvgIpc) is 2.51. The third kappa shape index (κ3) is 13.4. The van der Waals surface area contributed by atoms with E-state index in [0.29, 0.717) is 0 Å². The standard InChI is InChI=1S/C18H34O2S3/c1-4-5-6-7-8-9-10-11-12-13-14-22-17(21)23-18(2,3)16(20)15-19/h19H,4-15H2,1-3H3. The predicted octanol–water partition coefficient (Wildman–Crippen LogP) is 6.00. The molecule has 23 heavy (non-hydrogen) atoms. The molecule has 0 fully saturated rings. The Kier molecular flexibility index (Phi) is 15.0. The predicted molar refractivity (Wildman–Crippen MR) is 111 cm³/mol. The van der Waals surface area contributed by atoms with Crippen molar-refractivity contribution in [1.29, 1.82) is 0 Å². The Hall–Kier alpha value is 0.420. The van der Waals surface area contributed by atoms with Crippen molar-refractivity contribution in [3.05, 3.63) is 0 Å². The highest BCUT2D eigenvalue weighted by Crippen LogP contribution is 2.32. The molecule has 0 aromatic rings. The third-order valence-corrected chi connectivity index (χ3v) is 6.71. The first kappa shape index (κ1) is 23.4. The minimum atomic E-state index is -0.614. The van der Waals surface area contributed by atoms with Crippen LogP contribution in [0.1, 0.15) is 85.0 Å². The van der Waals surface area contributed by atoms with Crippen molar-refractivity contribution < 1.29 is 9.90 Å². The Bertz CT molecular complexity index is 330. The number of hydrogen-bond donors (Lipinski definition) is 1. The molecule has 0 aliphatic rings. The number of thioether (sulfide) groups is 2. The number of unbranched alkanes of at least 4 members (excludes halogenated alkanes) is 9. The van der Waals surface area contributed by atoms with E-state index in [1.54, 1.807) is 11.8 Å². The zero-order chi connectivity index (χ0) is 17.6. The Morgan fingerprint density at radius 1 is 0.957 bits per heavy atom. The molecule has 0 amide bonds. The number of Topliss-reactive ketones (excluding diaryl/α,β-unsaturated/α-hetero) is 1. The van der Waals surface area contributed by atoms with Crippen molar-refractivity contribution >= 4 is 45.1 Å². The highest BCUT2D eigenvalue weighted by Gasteiger charge is 2.28. The molecule has 0 radical (unpaired) electrons. The molecule has 0 bridgehead atoms. The lowest BCUT2D eigenvalue weighted by atomic mass is 10.1. The van der Waals surface area contributed by atoms with E-state index in [0.717, 1.165) is 9.28 Å². The van der Waals surface area contributed by atoms with Crippen LogP contribution in [-0.2, 0) is 4.79 Å². The van der Waals surface area contributed by atoms with E-state index in [9.17, 15) is 4.79 Å². The van der Waals surface area contributed by atoms with Gasteiger partial charge in [0.25, 0.3) is 0 Å². The molecule has 0 aromatic heterocycles. The first-order chi connectivity index (χ1) is 10.9. The molecule has 0 aromatic carbocycles. The quantitative estimate of drug-likeness (QED) is 0.296. The van der Waals surface area contributed by atoms with Crippen LogP contribution in [0.2, 0.25) is 0 Å². The summed E-state index contributed by atoms with van der Waals surface area (Å²) in [6.45, 7) is 5.49. The number of carbonyl (C=O) groups is 1. The van der Waals surface area contributed by atoms with Gasteiger partial charge in [0.05, 0.1) is 4.75 Å². The van der Waals surface area contributed by atoms with Gasteiger partial charge in [-0.1, -0.05) is 88.7 Å². The summed E-state index contributed by atoms with van der Waals surface area (Å²) in [6.07, 6.45) is 13.4. The van der Waals surface area contributed by atoms with Crippen LogP contribution in [0.25, 0.3) is 0 Å². The van der Waals surface area contributed by atoms with Crippen molar-refractivity contribution in [3.8, 4) is 0 Å². The second kappa shape index (κ2) is 14.7. The van der Waals surface area contributed by atoms with Crippen molar-refractivity contribution in [3.63, 3.8) is 0 Å². The first-order valence-electron chi connectivity index (χ1n) is 8.94. The van der Waals surface area contributed by atoms with E-state index < -0.39 is 11.4 Å². The number of rotatable bonds is 14. The molecule has 0 saturated heterocycles. The molecule has 5 heteroatoms. The Morgan fingerprint density at radius 2 is 1.43 bits per heavy atom. The van der Waals surface area contributed by atoms with Crippen LogP contribution in [0.5, 0.6) is 0 Å². The first-order valence-corrected chi connectivity index (χ1v) is 11.1. The Morgan fingerprint density at radius 3 is 1.91 bits per heavy atom. The molecule has 0 rings (SSSR count). The molecule has 0 aliphatic carbocycles. The second-order valence-corrected chi connectivity index (χ2v) is 10.4. The minimum absolute atomic E-state index is 0.163. The van der Waals surface area contributed by atoms with E-state index in [4.69, 9.17) is 17.3 Å². The van der Waals surface area contributed by atoms with Crippen molar-refractivity contribution in [2.75, 3.05) is 12.4 Å². The Labute approximate surface area is 157 Å². The van der Waals surface area contributed by atoms with Gasteiger partial charge in [-0.15, -0.1) is 11.8 Å². The summed E-state index contributed by atoms with van der Waals surface area (Å²) in [5, 5.41) is 8.95. The van der Waals surface area contributed by atoms with Gasteiger partial charge in [0.15, 0.2) is 5.78 Å². The van der Waals surface area contributed by atoms with Crippen molar-refractivity contribution in [2.45, 2.75) is 89.7 Å². The van der Waals surface area contributed by atoms with Gasteiger partial charge < -0.3 is 5.11 Å². The summed E-state index contributed by atoms with van der Waals surface area (Å²) >= 11 is 8.40. The fourth-order valence-electron chi connectivity index (χ4n) is 2.23. The number of ketones is 1. The van der Waals surface area contributed by atoms with Gasteiger partial charge in [0, 0.05) is 0 Å². The van der Waals surface area contributed by atoms with E-state index in [1.807, 2.05) is 13.8 Å². The average molecular weight is 379 g/mol. The fourth-order valence-corrected chi connectivity index (χ4v) is 5.33. The summed E-state index contributed by atoms with van der Waals surface area (Å²) in [4.78, 5) is 11.6. The van der Waals surface area contributed by atoms with E-state index in [-0.39, 0.29) is 5.78 Å². The van der Waals surface area contributed by atoms with Crippen LogP contribution >= 0.6 is 35.7 Å². The summed E-state index contributed by atoms with van der Waals surface area (Å²) < 4.78 is 0.198. The van der Waals surface area contributed by atoms with Crippen LogP contribution < -0.4 is 0 Å². The van der Waals surface area contributed by atoms with Gasteiger partial charge in [-0.3, -0.25) is 4.79 Å². The summed E-state index contributed by atoms with van der Waals surface area (Å²) in [7, 11) is 0. The van der Waals surface area contributed by atoms with Crippen molar-refractivity contribution in [2.24, 2.45) is 0 Å². The van der Waals surface area contributed by atoms with E-state index in [2.05, 4.69) is 6.92 Å². The number of hydrogen-bond acceptors (Lipinski definition) is 5. The molecule has 0 aliphatic heterocycles. The molecule has 1 N–H and O–H groups in total. The molecule has 0 spiro atoms. The Balaban J connectivity index is 3.48. The maximum Gasteiger partial charge on any atom is 0.173 e. The van der Waals surface area contributed by atoms with Crippen molar-refractivity contribution in [1.82, 2.24) is 0 Å². The smallest absolute Gasteiger partial charge is 0.173 e. The summed E-state index contributed by atoms with van der Waals surface area (Å²) in [5.41, 5.74) is 0. The largest absolute Gasteiger partial charge is 0.389 e. The van der Waals surface area contributed by atoms with Gasteiger partial charge in [-0.05, 0) is 26.0 Å². The molecular weight excluding hydrogens is 344 g/mol. The highest BCUT2D eigenvalue weighted by molar-refractivity contribution is 8.47. The van der Waals surface area contributed by atoms with Crippen LogP contribution in [-0.4, -0.2) is 31.5 Å². The number of carbonyl (C=O) groups excluding carboxylic acids is 1. The third-order valence-electron chi connectivity index (χ3n) is 3.87. The van der Waals surface area contributed by atoms with E-state index in [1.165, 1.54) is 76.0 Å². The molecule has 0 atom stereocenters. The number of aliphatic hydroxyl groups is 1. The zero-order valence-corrected chi connectivity index (χ0v) is 17.5. The molecule has 0 heterocycles. The molecule has 0 saturated carbocycles. The maximum absolute atomic E-state index is 11.6. The van der Waals surface area contributed by atoms with Crippen LogP contribution in [0.4, 0.5) is 0 Å². The molecular formula is C18H34O2S3. The van der Waals surface area contributed by atoms with Gasteiger partial charge in [0.2, 0.25) is 0 Å². The van der Waals surface area contributed by atoms with Gasteiger partial charge in [-0.2, -0.15) is 0 Å². The highest BCUT2D eigenvalue weighted by atomic mass is 32.2. The monoisotopic (exact) mass is 378 g/mol. The fraction of sp³-hybridized carbons (Fsp3) is 0.889. The lowest BCUT2D eigenvalue weighted by molar-refractivity contribution is -0.123. The van der Waals surface area contributed by atoms with Gasteiger partial charge in [0.1, 0.15) is 10.1 Å². The topological polar surface area (TPSA) is 37.3 Å². The number of aliphatic hydroxyl groups excluding tert-OH is 1. The zero-order valence-electron chi connectivity index (χ0n) is 15.1. The molecule has 2 nitrogen and oxygen atoms in total. The minimum Gasteiger partial charge on any atom is -0.389 e. The van der Waals surface area contributed by atoms with Crippen LogP contribution in [0, 0.1) is 0 Å². The summed E-state index contributed by atoms with van der Waals surface area (Å²) in [6, 6.07) is 0. The van der Waals surface area contributed by atoms with E-state index >= 15 is 0 Å². The molecule has 0 unspecified atom stereocenters. The SMILES string of the molecule is CCCCCCCCCCCCSC(=S)SC(C)(C)C(=O)CO. The molecule has 136 valence electrons. The maximum atomic E-state index is 11.6. The second-order valence-electron chi connectivity index (χ2n) is 6.47. The van der Waals surface area contributed by atoms with Gasteiger partial charge >= 0.3 is 0 Å². The normalized spacial score (nSPS) is 11.7. The lowest BCUT2D eigenvalue weighted by Crippen LogP contribution is -2.31. The van der Waals surface area contributed by atoms with Gasteiger partial charge in [-0.25, -0.2) is 0 Å². The van der Waals surface area contributed by atoms with Crippen LogP contribution in [0.3, 0.4) is 0 Å². The lowest BCUT2D eigenvalue weighted by Gasteiger charge is -2.21.